The summed E-state index contributed by atoms with van der Waals surface area (Å²) in [4.78, 5) is 26.1. The van der Waals surface area contributed by atoms with Gasteiger partial charge in [-0.05, 0) is 44.2 Å². The number of carbonyl (C=O) groups is 2. The Morgan fingerprint density at radius 2 is 1.70 bits per heavy atom. The van der Waals surface area contributed by atoms with Gasteiger partial charge in [0.1, 0.15) is 5.75 Å². The maximum absolute atomic E-state index is 12.8. The maximum Gasteiger partial charge on any atom is 0.263 e. The molecule has 1 atom stereocenters. The summed E-state index contributed by atoms with van der Waals surface area (Å²) >= 11 is 3.29. The molecular weight excluding hydrogens is 472 g/mol. The van der Waals surface area contributed by atoms with Crippen LogP contribution in [0, 0.1) is 0 Å². The number of ether oxygens (including phenoxy) is 1. The second kappa shape index (κ2) is 9.28. The van der Waals surface area contributed by atoms with Crippen LogP contribution in [0.25, 0.3) is 0 Å². The van der Waals surface area contributed by atoms with Crippen molar-refractivity contribution in [2.45, 2.75) is 24.8 Å². The van der Waals surface area contributed by atoms with Gasteiger partial charge in [-0.25, -0.2) is 8.42 Å². The van der Waals surface area contributed by atoms with E-state index >= 15 is 0 Å². The van der Waals surface area contributed by atoms with Crippen molar-refractivity contribution in [3.05, 3.63) is 58.6 Å². The summed E-state index contributed by atoms with van der Waals surface area (Å²) in [6.45, 7) is 4.11. The van der Waals surface area contributed by atoms with E-state index in [4.69, 9.17) is 4.74 Å². The van der Waals surface area contributed by atoms with Crippen LogP contribution < -0.4 is 4.74 Å². The average Bonchev–Trinajstić information content (AvgIpc) is 2.73. The number of hydrogen-bond acceptors (Lipinski definition) is 5. The van der Waals surface area contributed by atoms with Gasteiger partial charge in [0.2, 0.25) is 10.0 Å². The number of piperazine rings is 1. The molecule has 1 saturated heterocycles. The monoisotopic (exact) mass is 494 g/mol. The number of amides is 1. The molecule has 0 radical (unpaired) electrons. The third kappa shape index (κ3) is 5.08. The Balaban J connectivity index is 1.61. The highest BCUT2D eigenvalue weighted by atomic mass is 79.9. The van der Waals surface area contributed by atoms with Crippen LogP contribution in [-0.2, 0) is 14.8 Å². The van der Waals surface area contributed by atoms with Gasteiger partial charge in [0.05, 0.1) is 4.90 Å². The van der Waals surface area contributed by atoms with Gasteiger partial charge in [0.25, 0.3) is 5.91 Å². The number of ketones is 1. The first-order valence-electron chi connectivity index (χ1n) is 9.50. The summed E-state index contributed by atoms with van der Waals surface area (Å²) in [6.07, 6.45) is -0.750. The number of rotatable bonds is 6. The van der Waals surface area contributed by atoms with E-state index in [9.17, 15) is 18.0 Å². The highest BCUT2D eigenvalue weighted by Crippen LogP contribution is 2.22. The lowest BCUT2D eigenvalue weighted by atomic mass is 10.1. The van der Waals surface area contributed by atoms with Gasteiger partial charge < -0.3 is 9.64 Å². The Morgan fingerprint density at radius 1 is 1.03 bits per heavy atom. The molecule has 0 aliphatic carbocycles. The second-order valence-electron chi connectivity index (χ2n) is 7.03. The lowest BCUT2D eigenvalue weighted by Gasteiger charge is -2.35. The molecule has 3 rings (SSSR count). The summed E-state index contributed by atoms with van der Waals surface area (Å²) in [5, 5.41) is 0. The van der Waals surface area contributed by atoms with Crippen LogP contribution in [0.3, 0.4) is 0 Å². The van der Waals surface area contributed by atoms with Crippen LogP contribution in [0.2, 0.25) is 0 Å². The molecule has 7 nitrogen and oxygen atoms in total. The normalized spacial score (nSPS) is 16.2. The molecule has 2 aromatic carbocycles. The largest absolute Gasteiger partial charge is 0.481 e. The predicted octanol–water partition coefficient (Wildman–Crippen LogP) is 2.95. The number of nitrogens with zero attached hydrogens (tertiary/aromatic N) is 2. The molecule has 30 heavy (non-hydrogen) atoms. The molecule has 1 fully saturated rings. The number of halogens is 1. The molecule has 1 amide bonds. The van der Waals surface area contributed by atoms with Crippen LogP contribution in [-0.4, -0.2) is 61.6 Å². The van der Waals surface area contributed by atoms with Gasteiger partial charge in [0.15, 0.2) is 11.9 Å². The van der Waals surface area contributed by atoms with Crippen molar-refractivity contribution in [1.29, 1.82) is 0 Å². The van der Waals surface area contributed by atoms with E-state index in [0.717, 1.165) is 0 Å². The summed E-state index contributed by atoms with van der Waals surface area (Å²) < 4.78 is 33.5. The molecule has 1 heterocycles. The molecule has 1 aliphatic heterocycles. The van der Waals surface area contributed by atoms with E-state index in [1.165, 1.54) is 11.2 Å². The third-order valence-corrected chi connectivity index (χ3v) is 7.27. The smallest absolute Gasteiger partial charge is 0.263 e. The van der Waals surface area contributed by atoms with Gasteiger partial charge >= 0.3 is 0 Å². The van der Waals surface area contributed by atoms with Crippen molar-refractivity contribution >= 4 is 37.6 Å². The average molecular weight is 495 g/mol. The first-order chi connectivity index (χ1) is 14.2. The molecule has 0 N–H and O–H groups in total. The van der Waals surface area contributed by atoms with Crippen molar-refractivity contribution in [1.82, 2.24) is 9.21 Å². The number of carbonyl (C=O) groups excluding carboxylic acids is 2. The second-order valence-corrected chi connectivity index (χ2v) is 9.88. The van der Waals surface area contributed by atoms with E-state index in [0.29, 0.717) is 15.8 Å². The fourth-order valence-corrected chi connectivity index (χ4v) is 5.24. The minimum Gasteiger partial charge on any atom is -0.481 e. The van der Waals surface area contributed by atoms with Crippen LogP contribution in [0.15, 0.2) is 57.9 Å². The Kier molecular flexibility index (Phi) is 6.95. The zero-order chi connectivity index (χ0) is 21.9. The standard InChI is InChI=1S/C21H23BrN2O5S/c1-15(25)17-5-3-7-19(13-17)29-16(2)21(26)23-9-11-24(12-10-23)30(27,28)20-8-4-6-18(22)14-20/h3-8,13-14,16H,9-12H2,1-2H3. The quantitative estimate of drug-likeness (QED) is 0.576. The zero-order valence-electron chi connectivity index (χ0n) is 16.7. The number of hydrogen-bond donors (Lipinski definition) is 0. The van der Waals surface area contributed by atoms with Gasteiger partial charge in [-0.1, -0.05) is 34.1 Å². The predicted molar refractivity (Wildman–Crippen MR) is 116 cm³/mol. The van der Waals surface area contributed by atoms with Gasteiger partial charge in [0, 0.05) is 36.2 Å². The summed E-state index contributed by atoms with van der Waals surface area (Å²) in [5.41, 5.74) is 0.513. The lowest BCUT2D eigenvalue weighted by molar-refractivity contribution is -0.139. The van der Waals surface area contributed by atoms with E-state index in [1.54, 1.807) is 60.4 Å². The van der Waals surface area contributed by atoms with Gasteiger partial charge in [-0.3, -0.25) is 9.59 Å². The Bertz CT molecular complexity index is 1050. The first-order valence-corrected chi connectivity index (χ1v) is 11.7. The minimum atomic E-state index is -3.61. The first kappa shape index (κ1) is 22.5. The topological polar surface area (TPSA) is 84.0 Å². The molecule has 1 unspecified atom stereocenters. The summed E-state index contributed by atoms with van der Waals surface area (Å²) in [7, 11) is -3.61. The number of Topliss-reactive ketones (excluding diaryl/α,β-unsaturated/α-hetero) is 1. The van der Waals surface area contributed by atoms with E-state index < -0.39 is 16.1 Å². The highest BCUT2D eigenvalue weighted by Gasteiger charge is 2.32. The lowest BCUT2D eigenvalue weighted by Crippen LogP contribution is -2.53. The third-order valence-electron chi connectivity index (χ3n) is 4.89. The van der Waals surface area contributed by atoms with E-state index in [-0.39, 0.29) is 42.8 Å². The molecule has 0 spiro atoms. The Hall–Kier alpha value is -2.23. The van der Waals surface area contributed by atoms with Crippen LogP contribution in [0.5, 0.6) is 5.75 Å². The van der Waals surface area contributed by atoms with Crippen LogP contribution in [0.4, 0.5) is 0 Å². The highest BCUT2D eigenvalue weighted by molar-refractivity contribution is 9.10. The van der Waals surface area contributed by atoms with Crippen molar-refractivity contribution in [2.75, 3.05) is 26.2 Å². The molecule has 0 aromatic heterocycles. The fraction of sp³-hybridized carbons (Fsp3) is 0.333. The molecule has 2 aromatic rings. The molecule has 160 valence electrons. The summed E-state index contributed by atoms with van der Waals surface area (Å²) in [5.74, 6) is 0.143. The minimum absolute atomic E-state index is 0.0813. The molecule has 0 saturated carbocycles. The van der Waals surface area contributed by atoms with Crippen molar-refractivity contribution < 1.29 is 22.7 Å². The molecule has 1 aliphatic rings. The number of sulfonamides is 1. The Morgan fingerprint density at radius 3 is 2.33 bits per heavy atom. The van der Waals surface area contributed by atoms with Gasteiger partial charge in [-0.2, -0.15) is 4.31 Å². The van der Waals surface area contributed by atoms with Crippen molar-refractivity contribution in [3.8, 4) is 5.75 Å². The summed E-state index contributed by atoms with van der Waals surface area (Å²) in [6, 6.07) is 13.3. The fourth-order valence-electron chi connectivity index (χ4n) is 3.23. The van der Waals surface area contributed by atoms with E-state index in [2.05, 4.69) is 15.9 Å². The van der Waals surface area contributed by atoms with Gasteiger partial charge in [-0.15, -0.1) is 0 Å². The van der Waals surface area contributed by atoms with Crippen molar-refractivity contribution in [2.24, 2.45) is 0 Å². The Labute approximate surface area is 184 Å². The van der Waals surface area contributed by atoms with Crippen LogP contribution in [0.1, 0.15) is 24.2 Å². The van der Waals surface area contributed by atoms with E-state index in [1.807, 2.05) is 0 Å². The van der Waals surface area contributed by atoms with Crippen LogP contribution >= 0.6 is 15.9 Å². The molecule has 0 bridgehead atoms. The SMILES string of the molecule is CC(=O)c1cccc(OC(C)C(=O)N2CCN(S(=O)(=O)c3cccc(Br)c3)CC2)c1. The van der Waals surface area contributed by atoms with Crippen molar-refractivity contribution in [3.63, 3.8) is 0 Å². The number of benzene rings is 2. The maximum atomic E-state index is 12.8. The molecule has 9 heteroatoms. The zero-order valence-corrected chi connectivity index (χ0v) is 19.1. The molecular formula is C21H23BrN2O5S.